The van der Waals surface area contributed by atoms with E-state index in [0.717, 1.165) is 5.57 Å². The van der Waals surface area contributed by atoms with Gasteiger partial charge in [0.25, 0.3) is 0 Å². The molecule has 2 N–H and O–H groups in total. The Hall–Kier alpha value is -1.49. The Morgan fingerprint density at radius 2 is 1.70 bits per heavy atom. The van der Waals surface area contributed by atoms with Crippen LogP contribution in [0.5, 0.6) is 0 Å². The van der Waals surface area contributed by atoms with Crippen LogP contribution in [0.25, 0.3) is 0 Å². The molecule has 2 unspecified atom stereocenters. The first-order chi connectivity index (χ1) is 9.75. The first kappa shape index (κ1) is 12.3. The molecule has 4 aliphatic rings. The van der Waals surface area contributed by atoms with Crippen molar-refractivity contribution in [1.82, 2.24) is 0 Å². The van der Waals surface area contributed by atoms with Crippen molar-refractivity contribution in [3.05, 3.63) is 81.8 Å². The van der Waals surface area contributed by atoms with Crippen molar-refractivity contribution < 1.29 is 10.0 Å². The van der Waals surface area contributed by atoms with E-state index in [9.17, 15) is 10.0 Å². The second kappa shape index (κ2) is 4.52. The largest absolute Gasteiger partial charge is 0.485 e. The summed E-state index contributed by atoms with van der Waals surface area (Å²) in [4.78, 5) is 1.27. The fourth-order valence-corrected chi connectivity index (χ4v) is 4.49. The molecule has 4 rings (SSSR count). The van der Waals surface area contributed by atoms with Gasteiger partial charge in [-0.1, -0.05) is 54.7 Å². The van der Waals surface area contributed by atoms with Gasteiger partial charge in [0.05, 0.1) is 5.25 Å². The Morgan fingerprint density at radius 3 is 2.50 bits per heavy atom. The third-order valence-corrected chi connectivity index (χ3v) is 5.39. The Kier molecular flexibility index (Phi) is 2.77. The van der Waals surface area contributed by atoms with Gasteiger partial charge in [0.2, 0.25) is 0 Å². The van der Waals surface area contributed by atoms with E-state index in [2.05, 4.69) is 24.3 Å². The molecule has 98 valence electrons. The lowest BCUT2D eigenvalue weighted by Gasteiger charge is -2.27. The van der Waals surface area contributed by atoms with E-state index in [-0.39, 0.29) is 5.92 Å². The molecule has 0 bridgehead atoms. The minimum atomic E-state index is -1.41. The maximum atomic E-state index is 9.68. The van der Waals surface area contributed by atoms with Crippen LogP contribution in [-0.2, 0) is 0 Å². The molecule has 0 amide bonds. The molecule has 1 aliphatic heterocycles. The van der Waals surface area contributed by atoms with Gasteiger partial charge in [-0.05, 0) is 22.2 Å². The minimum absolute atomic E-state index is 0.0139. The molecule has 0 saturated heterocycles. The van der Waals surface area contributed by atoms with Crippen LogP contribution in [0.2, 0.25) is 0 Å². The van der Waals surface area contributed by atoms with Gasteiger partial charge in [-0.2, -0.15) is 0 Å². The van der Waals surface area contributed by atoms with Crippen molar-refractivity contribution in [2.45, 2.75) is 5.25 Å². The van der Waals surface area contributed by atoms with E-state index in [1.54, 1.807) is 0 Å². The summed E-state index contributed by atoms with van der Waals surface area (Å²) in [6.45, 7) is 0. The van der Waals surface area contributed by atoms with Crippen molar-refractivity contribution in [3.63, 3.8) is 0 Å². The predicted molar refractivity (Wildman–Crippen MR) is 83.8 cm³/mol. The summed E-state index contributed by atoms with van der Waals surface area (Å²) in [6, 6.07) is 0. The quantitative estimate of drug-likeness (QED) is 0.725. The zero-order valence-electron chi connectivity index (χ0n) is 10.7. The number of allylic oxidation sites excluding steroid dienone is 11. The summed E-state index contributed by atoms with van der Waals surface area (Å²) in [5, 5.41) is 19.7. The lowest BCUT2D eigenvalue weighted by Crippen LogP contribution is -2.25. The second-order valence-electron chi connectivity index (χ2n) is 5.18. The highest BCUT2D eigenvalue weighted by Crippen LogP contribution is 2.52. The van der Waals surface area contributed by atoms with E-state index in [1.807, 2.05) is 42.1 Å². The molecule has 2 nitrogen and oxygen atoms in total. The van der Waals surface area contributed by atoms with Crippen molar-refractivity contribution in [2.75, 3.05) is 0 Å². The summed E-state index contributed by atoms with van der Waals surface area (Å²) in [5.41, 5.74) is 4.26. The third-order valence-electron chi connectivity index (χ3n) is 4.04. The molecule has 1 heterocycles. The standard InChI is InChI=1S/C16H13BO2S/c18-17(19)14-9-13-11-6-3-4-8-15(11)20-16(13)12-7-2-1-5-10(12)14/h1-10,15,18-19H. The molecule has 4 heteroatoms. The number of rotatable bonds is 1. The maximum absolute atomic E-state index is 9.68. The number of hydrogen-bond donors (Lipinski definition) is 2. The first-order valence-electron chi connectivity index (χ1n) is 6.68. The molecule has 0 saturated carbocycles. The molecule has 20 heavy (non-hydrogen) atoms. The smallest absolute Gasteiger partial charge is 0.423 e. The van der Waals surface area contributed by atoms with Gasteiger partial charge in [-0.25, -0.2) is 0 Å². The van der Waals surface area contributed by atoms with Crippen molar-refractivity contribution in [1.29, 1.82) is 0 Å². The van der Waals surface area contributed by atoms with E-state index in [4.69, 9.17) is 0 Å². The van der Waals surface area contributed by atoms with E-state index >= 15 is 0 Å². The zero-order chi connectivity index (χ0) is 13.7. The molecular formula is C16H13BO2S. The lowest BCUT2D eigenvalue weighted by molar-refractivity contribution is 0.414. The monoisotopic (exact) mass is 280 g/mol. The predicted octanol–water partition coefficient (Wildman–Crippen LogP) is 2.47. The summed E-state index contributed by atoms with van der Waals surface area (Å²) < 4.78 is 0. The van der Waals surface area contributed by atoms with E-state index < -0.39 is 7.12 Å². The van der Waals surface area contributed by atoms with Crippen molar-refractivity contribution in [2.24, 2.45) is 5.92 Å². The average molecular weight is 280 g/mol. The molecule has 0 aromatic rings. The van der Waals surface area contributed by atoms with Gasteiger partial charge < -0.3 is 10.0 Å². The average Bonchev–Trinajstić information content (AvgIpc) is 2.85. The number of hydrogen-bond acceptors (Lipinski definition) is 3. The normalized spacial score (nSPS) is 29.4. The van der Waals surface area contributed by atoms with E-state index in [0.29, 0.717) is 10.7 Å². The maximum Gasteiger partial charge on any atom is 0.485 e. The topological polar surface area (TPSA) is 40.5 Å². The van der Waals surface area contributed by atoms with Crippen LogP contribution in [0.4, 0.5) is 0 Å². The van der Waals surface area contributed by atoms with Gasteiger partial charge in [0.1, 0.15) is 0 Å². The highest BCUT2D eigenvalue weighted by molar-refractivity contribution is 8.04. The Bertz CT molecular complexity index is 689. The Balaban J connectivity index is 1.93. The molecule has 0 aromatic heterocycles. The highest BCUT2D eigenvalue weighted by Gasteiger charge is 2.37. The third kappa shape index (κ3) is 1.69. The van der Waals surface area contributed by atoms with Crippen molar-refractivity contribution in [3.8, 4) is 0 Å². The second-order valence-corrected chi connectivity index (χ2v) is 6.33. The van der Waals surface area contributed by atoms with Crippen molar-refractivity contribution >= 4 is 18.9 Å². The molecule has 2 atom stereocenters. The van der Waals surface area contributed by atoms with Crippen LogP contribution in [0.1, 0.15) is 0 Å². The first-order valence-corrected chi connectivity index (χ1v) is 7.56. The van der Waals surface area contributed by atoms with Crippen LogP contribution in [0.15, 0.2) is 81.8 Å². The molecule has 3 aliphatic carbocycles. The molecular weight excluding hydrogens is 267 g/mol. The van der Waals surface area contributed by atoms with E-state index in [1.165, 1.54) is 16.1 Å². The van der Waals surface area contributed by atoms with Gasteiger partial charge in [0, 0.05) is 10.8 Å². The van der Waals surface area contributed by atoms with Gasteiger partial charge in [-0.15, -0.1) is 11.8 Å². The molecule has 0 radical (unpaired) electrons. The van der Waals surface area contributed by atoms with Crippen LogP contribution in [-0.4, -0.2) is 22.4 Å². The van der Waals surface area contributed by atoms with Gasteiger partial charge >= 0.3 is 7.12 Å². The Labute approximate surface area is 122 Å². The van der Waals surface area contributed by atoms with Gasteiger partial charge in [-0.3, -0.25) is 0 Å². The zero-order valence-corrected chi connectivity index (χ0v) is 11.5. The summed E-state index contributed by atoms with van der Waals surface area (Å²) in [7, 11) is -1.41. The lowest BCUT2D eigenvalue weighted by atomic mass is 9.65. The Morgan fingerprint density at radius 1 is 0.950 bits per heavy atom. The van der Waals surface area contributed by atoms with Crippen LogP contribution >= 0.6 is 11.8 Å². The van der Waals surface area contributed by atoms with Crippen LogP contribution < -0.4 is 0 Å². The van der Waals surface area contributed by atoms with Crippen LogP contribution in [0, 0.1) is 5.92 Å². The SMILES string of the molecule is OB(O)C1=CC2=C3C=CC=CC3SC2=C2C=CC=CC12. The summed E-state index contributed by atoms with van der Waals surface area (Å²) in [5.74, 6) is -0.0139. The number of thioether (sulfide) groups is 1. The number of fused-ring (bicyclic) bond motifs is 3. The van der Waals surface area contributed by atoms with Crippen LogP contribution in [0.3, 0.4) is 0 Å². The fraction of sp³-hybridized carbons (Fsp3) is 0.125. The molecule has 0 spiro atoms. The molecule has 0 aromatic carbocycles. The summed E-state index contributed by atoms with van der Waals surface area (Å²) >= 11 is 1.85. The fourth-order valence-electron chi connectivity index (χ4n) is 3.10. The summed E-state index contributed by atoms with van der Waals surface area (Å²) in [6.07, 6.45) is 18.5. The minimum Gasteiger partial charge on any atom is -0.423 e. The van der Waals surface area contributed by atoms with Gasteiger partial charge in [0.15, 0.2) is 0 Å². The molecule has 0 fully saturated rings. The highest BCUT2D eigenvalue weighted by atomic mass is 32.2.